The van der Waals surface area contributed by atoms with E-state index in [0.717, 1.165) is 31.4 Å². The van der Waals surface area contributed by atoms with E-state index in [1.54, 1.807) is 4.90 Å². The van der Waals surface area contributed by atoms with Crippen molar-refractivity contribution < 1.29 is 18.0 Å². The van der Waals surface area contributed by atoms with Crippen LogP contribution in [0.25, 0.3) is 0 Å². The highest BCUT2D eigenvalue weighted by molar-refractivity contribution is 6.30. The standard InChI is InChI=1S/C14H15ClF3NO/c15-12(13(20)19-8-2-1-3-9-19)10-4-6-11(7-5-10)14(16,17)18/h4-7,12H,1-3,8-9H2. The molecule has 0 bridgehead atoms. The molecule has 6 heteroatoms. The second-order valence-electron chi connectivity index (χ2n) is 4.87. The molecule has 0 spiro atoms. The molecule has 1 saturated heterocycles. The van der Waals surface area contributed by atoms with Crippen molar-refractivity contribution in [1.82, 2.24) is 4.90 Å². The number of piperidine rings is 1. The third-order valence-electron chi connectivity index (χ3n) is 3.42. The van der Waals surface area contributed by atoms with Crippen LogP contribution in [0.15, 0.2) is 24.3 Å². The van der Waals surface area contributed by atoms with Gasteiger partial charge in [-0.15, -0.1) is 11.6 Å². The average molecular weight is 306 g/mol. The van der Waals surface area contributed by atoms with E-state index in [2.05, 4.69) is 0 Å². The molecule has 0 radical (unpaired) electrons. The third-order valence-corrected chi connectivity index (χ3v) is 3.85. The Labute approximate surface area is 120 Å². The summed E-state index contributed by atoms with van der Waals surface area (Å²) in [4.78, 5) is 13.8. The first-order valence-electron chi connectivity index (χ1n) is 6.49. The van der Waals surface area contributed by atoms with Gasteiger partial charge in [0, 0.05) is 13.1 Å². The van der Waals surface area contributed by atoms with E-state index in [4.69, 9.17) is 11.6 Å². The highest BCUT2D eigenvalue weighted by atomic mass is 35.5. The fraction of sp³-hybridized carbons (Fsp3) is 0.500. The van der Waals surface area contributed by atoms with E-state index in [1.165, 1.54) is 12.1 Å². The van der Waals surface area contributed by atoms with Crippen LogP contribution in [0.1, 0.15) is 35.8 Å². The number of nitrogens with zero attached hydrogens (tertiary/aromatic N) is 1. The van der Waals surface area contributed by atoms with E-state index in [0.29, 0.717) is 18.7 Å². The second-order valence-corrected chi connectivity index (χ2v) is 5.30. The number of carbonyl (C=O) groups excluding carboxylic acids is 1. The van der Waals surface area contributed by atoms with E-state index >= 15 is 0 Å². The summed E-state index contributed by atoms with van der Waals surface area (Å²) in [6.07, 6.45) is -1.39. The molecule has 1 atom stereocenters. The zero-order valence-corrected chi connectivity index (χ0v) is 11.5. The van der Waals surface area contributed by atoms with Gasteiger partial charge in [-0.2, -0.15) is 13.2 Å². The molecule has 1 aromatic rings. The highest BCUT2D eigenvalue weighted by Gasteiger charge is 2.31. The summed E-state index contributed by atoms with van der Waals surface area (Å²) in [5.41, 5.74) is -0.342. The molecule has 1 aliphatic heterocycles. The van der Waals surface area contributed by atoms with Gasteiger partial charge in [0.05, 0.1) is 5.56 Å². The van der Waals surface area contributed by atoms with Gasteiger partial charge in [-0.1, -0.05) is 12.1 Å². The molecule has 1 unspecified atom stereocenters. The Morgan fingerprint density at radius 2 is 1.65 bits per heavy atom. The average Bonchev–Trinajstić information content (AvgIpc) is 2.46. The minimum atomic E-state index is -4.38. The lowest BCUT2D eigenvalue weighted by Crippen LogP contribution is -2.37. The smallest absolute Gasteiger partial charge is 0.341 e. The lowest BCUT2D eigenvalue weighted by molar-refractivity contribution is -0.137. The van der Waals surface area contributed by atoms with Gasteiger partial charge in [0.15, 0.2) is 0 Å². The number of amides is 1. The summed E-state index contributed by atoms with van der Waals surface area (Å²) in [5.74, 6) is -0.230. The maximum Gasteiger partial charge on any atom is 0.416 e. The molecule has 1 fully saturated rings. The molecular formula is C14H15ClF3NO. The molecule has 20 heavy (non-hydrogen) atoms. The Kier molecular flexibility index (Phi) is 4.58. The Hall–Kier alpha value is -1.23. The lowest BCUT2D eigenvalue weighted by atomic mass is 10.1. The summed E-state index contributed by atoms with van der Waals surface area (Å²) >= 11 is 6.08. The quantitative estimate of drug-likeness (QED) is 0.756. The Morgan fingerprint density at radius 1 is 1.10 bits per heavy atom. The predicted octanol–water partition coefficient (Wildman–Crippen LogP) is 4.00. The van der Waals surface area contributed by atoms with E-state index in [1.807, 2.05) is 0 Å². The summed E-state index contributed by atoms with van der Waals surface area (Å²) in [6.45, 7) is 1.34. The first kappa shape index (κ1) is 15.2. The van der Waals surface area contributed by atoms with Crippen molar-refractivity contribution >= 4 is 17.5 Å². The molecule has 0 aliphatic carbocycles. The first-order valence-corrected chi connectivity index (χ1v) is 6.93. The van der Waals surface area contributed by atoms with Gasteiger partial charge in [0.1, 0.15) is 5.38 Å². The number of rotatable bonds is 2. The molecule has 1 aromatic carbocycles. The van der Waals surface area contributed by atoms with Crippen LogP contribution in [-0.2, 0) is 11.0 Å². The van der Waals surface area contributed by atoms with E-state index in [9.17, 15) is 18.0 Å². The number of likely N-dealkylation sites (tertiary alicyclic amines) is 1. The molecule has 110 valence electrons. The molecule has 1 aliphatic rings. The van der Waals surface area contributed by atoms with Gasteiger partial charge in [-0.3, -0.25) is 4.79 Å². The van der Waals surface area contributed by atoms with Crippen molar-refractivity contribution in [2.75, 3.05) is 13.1 Å². The highest BCUT2D eigenvalue weighted by Crippen LogP contribution is 2.31. The Balaban J connectivity index is 2.08. The van der Waals surface area contributed by atoms with Crippen LogP contribution in [0.2, 0.25) is 0 Å². The maximum atomic E-state index is 12.5. The molecule has 1 amide bonds. The molecular weight excluding hydrogens is 291 g/mol. The van der Waals surface area contributed by atoms with Gasteiger partial charge in [-0.25, -0.2) is 0 Å². The normalized spacial score (nSPS) is 17.9. The topological polar surface area (TPSA) is 20.3 Å². The van der Waals surface area contributed by atoms with Crippen molar-refractivity contribution in [3.8, 4) is 0 Å². The number of alkyl halides is 4. The van der Waals surface area contributed by atoms with Crippen LogP contribution in [0.3, 0.4) is 0 Å². The van der Waals surface area contributed by atoms with Gasteiger partial charge < -0.3 is 4.90 Å². The number of benzene rings is 1. The maximum absolute atomic E-state index is 12.5. The van der Waals surface area contributed by atoms with Crippen LogP contribution < -0.4 is 0 Å². The van der Waals surface area contributed by atoms with Crippen LogP contribution in [-0.4, -0.2) is 23.9 Å². The van der Waals surface area contributed by atoms with Crippen LogP contribution in [0.5, 0.6) is 0 Å². The van der Waals surface area contributed by atoms with E-state index < -0.39 is 17.1 Å². The molecule has 2 rings (SSSR count). The number of halogens is 4. The molecule has 2 nitrogen and oxygen atoms in total. The molecule has 0 saturated carbocycles. The largest absolute Gasteiger partial charge is 0.416 e. The third kappa shape index (κ3) is 3.45. The zero-order valence-electron chi connectivity index (χ0n) is 10.8. The molecule has 1 heterocycles. The van der Waals surface area contributed by atoms with Crippen LogP contribution in [0.4, 0.5) is 13.2 Å². The van der Waals surface area contributed by atoms with Gasteiger partial charge in [0.25, 0.3) is 0 Å². The fourth-order valence-corrected chi connectivity index (χ4v) is 2.54. The van der Waals surface area contributed by atoms with Crippen molar-refractivity contribution in [3.05, 3.63) is 35.4 Å². The molecule has 0 N–H and O–H groups in total. The number of carbonyl (C=O) groups is 1. The molecule has 0 aromatic heterocycles. The van der Waals surface area contributed by atoms with Crippen molar-refractivity contribution in [1.29, 1.82) is 0 Å². The van der Waals surface area contributed by atoms with Crippen molar-refractivity contribution in [3.63, 3.8) is 0 Å². The van der Waals surface area contributed by atoms with Crippen molar-refractivity contribution in [2.24, 2.45) is 0 Å². The van der Waals surface area contributed by atoms with Crippen LogP contribution >= 0.6 is 11.6 Å². The summed E-state index contributed by atoms with van der Waals surface area (Å²) in [6, 6.07) is 4.44. The number of hydrogen-bond donors (Lipinski definition) is 0. The van der Waals surface area contributed by atoms with Crippen molar-refractivity contribution in [2.45, 2.75) is 30.8 Å². The SMILES string of the molecule is O=C(C(Cl)c1ccc(C(F)(F)F)cc1)N1CCCCC1. The predicted molar refractivity (Wildman–Crippen MR) is 70.5 cm³/mol. The van der Waals surface area contributed by atoms with Gasteiger partial charge >= 0.3 is 6.18 Å². The second kappa shape index (κ2) is 6.04. The van der Waals surface area contributed by atoms with Crippen LogP contribution in [0, 0.1) is 0 Å². The Morgan fingerprint density at radius 3 is 2.15 bits per heavy atom. The zero-order chi connectivity index (χ0) is 14.8. The summed E-state index contributed by atoms with van der Waals surface area (Å²) in [7, 11) is 0. The minimum Gasteiger partial charge on any atom is -0.341 e. The monoisotopic (exact) mass is 305 g/mol. The van der Waals surface area contributed by atoms with Gasteiger partial charge in [0.2, 0.25) is 5.91 Å². The number of hydrogen-bond acceptors (Lipinski definition) is 1. The fourth-order valence-electron chi connectivity index (χ4n) is 2.26. The summed E-state index contributed by atoms with van der Waals surface area (Å²) < 4.78 is 37.4. The van der Waals surface area contributed by atoms with E-state index in [-0.39, 0.29) is 5.91 Å². The first-order chi connectivity index (χ1) is 9.39. The lowest BCUT2D eigenvalue weighted by Gasteiger charge is -2.28. The van der Waals surface area contributed by atoms with Gasteiger partial charge in [-0.05, 0) is 37.0 Å². The minimum absolute atomic E-state index is 0.230. The Bertz CT molecular complexity index is 466. The summed E-state index contributed by atoms with van der Waals surface area (Å²) in [5, 5.41) is -0.921.